The minimum atomic E-state index is -2.39. The zero-order valence-electron chi connectivity index (χ0n) is 19.5. The third kappa shape index (κ3) is 7.38. The standard InChI is InChI=1S/C18H20N7O13/c1-17(19,15(35-23(30)31)11-3-7-13(8-4-11)21(26)27)37-25(34)38-18(2,20)16(36-24(32)33)12-5-9-14(10-6-12)22(28)29/h3-10,15-16H,19-20H2,1-2H3/q+1. The Labute approximate surface area is 210 Å². The smallest absolute Gasteiger partial charge is 0.300 e. The molecule has 0 saturated carbocycles. The molecule has 0 amide bonds. The van der Waals surface area contributed by atoms with Gasteiger partial charge in [0.15, 0.2) is 12.2 Å². The second kappa shape index (κ2) is 11.2. The summed E-state index contributed by atoms with van der Waals surface area (Å²) in [7, 11) is 0. The van der Waals surface area contributed by atoms with Crippen LogP contribution in [0.2, 0.25) is 0 Å². The molecule has 0 aliphatic rings. The van der Waals surface area contributed by atoms with E-state index in [2.05, 4.69) is 9.68 Å². The lowest BCUT2D eigenvalue weighted by Crippen LogP contribution is -2.53. The van der Waals surface area contributed by atoms with Gasteiger partial charge in [-0.15, -0.1) is 20.2 Å². The Morgan fingerprint density at radius 1 is 0.632 bits per heavy atom. The number of nitrogens with zero attached hydrogens (tertiary/aromatic N) is 5. The van der Waals surface area contributed by atoms with Crippen molar-refractivity contribution in [3.05, 3.63) is 105 Å². The number of hydrogen-bond donors (Lipinski definition) is 2. The second-order valence-electron chi connectivity index (χ2n) is 7.89. The predicted octanol–water partition coefficient (Wildman–Crippen LogP) is 1.69. The maximum atomic E-state index is 12.5. The first-order chi connectivity index (χ1) is 17.5. The molecule has 0 saturated heterocycles. The lowest BCUT2D eigenvalue weighted by molar-refractivity contribution is -1.01. The molecule has 0 heterocycles. The average molecular weight is 542 g/mol. The summed E-state index contributed by atoms with van der Waals surface area (Å²) in [5.41, 5.74) is 6.12. The van der Waals surface area contributed by atoms with Gasteiger partial charge in [0.05, 0.1) is 9.85 Å². The molecule has 0 spiro atoms. The van der Waals surface area contributed by atoms with E-state index in [0.717, 1.165) is 62.4 Å². The van der Waals surface area contributed by atoms with Crippen molar-refractivity contribution in [3.63, 3.8) is 0 Å². The summed E-state index contributed by atoms with van der Waals surface area (Å²) in [5, 5.41) is 40.6. The number of benzene rings is 2. The largest absolute Gasteiger partial charge is 0.481 e. The summed E-state index contributed by atoms with van der Waals surface area (Å²) in [5.74, 6) is 0. The Kier molecular flexibility index (Phi) is 8.56. The topological polar surface area (TPSA) is 282 Å². The number of nitrogens with two attached hydrogens (primary N) is 2. The van der Waals surface area contributed by atoms with Crippen molar-refractivity contribution in [1.82, 2.24) is 0 Å². The lowest BCUT2D eigenvalue weighted by atomic mass is 10.0. The van der Waals surface area contributed by atoms with Crippen LogP contribution in [-0.2, 0) is 19.4 Å². The first-order valence-electron chi connectivity index (χ1n) is 10.1. The fourth-order valence-electron chi connectivity index (χ4n) is 3.14. The summed E-state index contributed by atoms with van der Waals surface area (Å²) in [4.78, 5) is 73.6. The van der Waals surface area contributed by atoms with Crippen LogP contribution in [0.1, 0.15) is 37.2 Å². The molecule has 2 aromatic carbocycles. The third-order valence-electron chi connectivity index (χ3n) is 4.78. The zero-order chi connectivity index (χ0) is 28.8. The van der Waals surface area contributed by atoms with E-state index in [-0.39, 0.29) is 22.5 Å². The van der Waals surface area contributed by atoms with Gasteiger partial charge in [-0.1, -0.05) is 0 Å². The second-order valence-corrected chi connectivity index (χ2v) is 7.89. The first kappa shape index (κ1) is 29.0. The van der Waals surface area contributed by atoms with Gasteiger partial charge < -0.3 is 0 Å². The highest BCUT2D eigenvalue weighted by Gasteiger charge is 2.49. The molecular formula is C18H20N7O13+. The molecule has 4 atom stereocenters. The zero-order valence-corrected chi connectivity index (χ0v) is 19.5. The van der Waals surface area contributed by atoms with Crippen LogP contribution < -0.4 is 11.5 Å². The highest BCUT2D eigenvalue weighted by molar-refractivity contribution is 5.35. The van der Waals surface area contributed by atoms with E-state index < -0.39 is 48.8 Å². The maximum absolute atomic E-state index is 12.5. The highest BCUT2D eigenvalue weighted by atomic mass is 17.0. The van der Waals surface area contributed by atoms with E-state index in [0.29, 0.717) is 0 Å². The molecule has 4 N–H and O–H groups in total. The maximum Gasteiger partial charge on any atom is 0.481 e. The van der Waals surface area contributed by atoms with E-state index in [1.54, 1.807) is 0 Å². The molecule has 20 heteroatoms. The van der Waals surface area contributed by atoms with Gasteiger partial charge in [-0.2, -0.15) is 9.68 Å². The summed E-state index contributed by atoms with van der Waals surface area (Å²) in [6, 6.07) is 8.25. The van der Waals surface area contributed by atoms with Gasteiger partial charge in [-0.05, 0) is 49.2 Å². The van der Waals surface area contributed by atoms with Crippen LogP contribution in [-0.4, -0.2) is 36.6 Å². The number of hydrogen-bond acceptors (Lipinski definition) is 15. The van der Waals surface area contributed by atoms with Crippen LogP contribution in [0.15, 0.2) is 48.5 Å². The normalized spacial score (nSPS) is 15.5. The van der Waals surface area contributed by atoms with E-state index in [1.165, 1.54) is 0 Å². The van der Waals surface area contributed by atoms with E-state index in [1.807, 2.05) is 0 Å². The number of nitro benzene ring substituents is 2. The lowest BCUT2D eigenvalue weighted by Gasteiger charge is -2.29. The van der Waals surface area contributed by atoms with Crippen molar-refractivity contribution in [2.45, 2.75) is 37.5 Å². The fourth-order valence-corrected chi connectivity index (χ4v) is 3.14. The van der Waals surface area contributed by atoms with Gasteiger partial charge in [0.1, 0.15) is 4.91 Å². The van der Waals surface area contributed by atoms with Crippen LogP contribution in [0.3, 0.4) is 0 Å². The van der Waals surface area contributed by atoms with E-state index in [9.17, 15) is 45.4 Å². The van der Waals surface area contributed by atoms with Crippen LogP contribution in [0, 0.1) is 45.4 Å². The molecule has 0 aliphatic carbocycles. The van der Waals surface area contributed by atoms with Crippen LogP contribution in [0.25, 0.3) is 0 Å². The Balaban J connectivity index is 2.30. The van der Waals surface area contributed by atoms with Crippen LogP contribution in [0.5, 0.6) is 0 Å². The highest BCUT2D eigenvalue weighted by Crippen LogP contribution is 2.33. The molecule has 204 valence electrons. The summed E-state index contributed by atoms with van der Waals surface area (Å²) >= 11 is 0. The number of rotatable bonds is 14. The van der Waals surface area contributed by atoms with Gasteiger partial charge in [0.2, 0.25) is 0 Å². The minimum Gasteiger partial charge on any atom is -0.300 e. The number of non-ortho nitro benzene ring substituents is 2. The monoisotopic (exact) mass is 542 g/mol. The average Bonchev–Trinajstić information content (AvgIpc) is 2.80. The molecule has 2 aromatic rings. The van der Waals surface area contributed by atoms with Crippen molar-refractivity contribution in [2.24, 2.45) is 11.5 Å². The molecular weight excluding hydrogens is 522 g/mol. The van der Waals surface area contributed by atoms with Gasteiger partial charge >= 0.3 is 5.09 Å². The molecule has 38 heavy (non-hydrogen) atoms. The number of nitro groups is 2. The third-order valence-corrected chi connectivity index (χ3v) is 4.78. The molecule has 4 unspecified atom stereocenters. The van der Waals surface area contributed by atoms with Gasteiger partial charge in [-0.3, -0.25) is 41.4 Å². The summed E-state index contributed by atoms with van der Waals surface area (Å²) in [6.07, 6.45) is -3.69. The van der Waals surface area contributed by atoms with Crippen molar-refractivity contribution >= 4 is 11.4 Å². The van der Waals surface area contributed by atoms with Gasteiger partial charge in [0.25, 0.3) is 33.0 Å². The molecule has 20 nitrogen and oxygen atoms in total. The van der Waals surface area contributed by atoms with Crippen molar-refractivity contribution < 1.29 is 44.5 Å². The molecule has 2 rings (SSSR count). The first-order valence-corrected chi connectivity index (χ1v) is 10.1. The SMILES string of the molecule is CC(N)(O[N+](=O)OC(C)(N)C(O[N+](=O)[O-])c1ccc([N+](=O)[O-])cc1)C(O[N+](=O)[O-])c1ccc([N+](=O)[O-])cc1. The minimum absolute atomic E-state index is 0.110. The van der Waals surface area contributed by atoms with Crippen molar-refractivity contribution in [2.75, 3.05) is 0 Å². The summed E-state index contributed by atoms with van der Waals surface area (Å²) < 4.78 is 0. The Bertz CT molecular complexity index is 1120. The molecule has 0 aromatic heterocycles. The van der Waals surface area contributed by atoms with Crippen LogP contribution >= 0.6 is 0 Å². The van der Waals surface area contributed by atoms with E-state index in [4.69, 9.17) is 21.1 Å². The molecule has 0 radical (unpaired) electrons. The van der Waals surface area contributed by atoms with Crippen molar-refractivity contribution in [1.29, 1.82) is 0 Å². The quantitative estimate of drug-likeness (QED) is 0.195. The summed E-state index contributed by atoms with van der Waals surface area (Å²) in [6.45, 7) is 1.93. The molecule has 0 bridgehead atoms. The fraction of sp³-hybridized carbons (Fsp3) is 0.333. The van der Waals surface area contributed by atoms with Crippen molar-refractivity contribution in [3.8, 4) is 0 Å². The molecule has 0 fully saturated rings. The Morgan fingerprint density at radius 2 is 0.921 bits per heavy atom. The van der Waals surface area contributed by atoms with Crippen LogP contribution in [0.4, 0.5) is 11.4 Å². The van der Waals surface area contributed by atoms with Gasteiger partial charge in [0, 0.05) is 24.3 Å². The van der Waals surface area contributed by atoms with Gasteiger partial charge in [-0.25, -0.2) is 0 Å². The Morgan fingerprint density at radius 3 is 1.16 bits per heavy atom. The predicted molar refractivity (Wildman–Crippen MR) is 119 cm³/mol. The molecule has 0 aliphatic heterocycles. The Hall–Kier alpha value is -5.24. The van der Waals surface area contributed by atoms with E-state index >= 15 is 0 Å².